The molecule has 38 heavy (non-hydrogen) atoms. The van der Waals surface area contributed by atoms with Gasteiger partial charge in [-0.05, 0) is 45.9 Å². The number of nitrogens with zero attached hydrogens (tertiary/aromatic N) is 4. The zero-order valence-corrected chi connectivity index (χ0v) is 25.0. The number of hydrogen-bond acceptors (Lipinski definition) is 6. The summed E-state index contributed by atoms with van der Waals surface area (Å²) < 4.78 is 0. The average Bonchev–Trinajstić information content (AvgIpc) is 2.73. The van der Waals surface area contributed by atoms with Crippen LogP contribution in [0.1, 0.15) is 105 Å². The maximum Gasteiger partial charge on any atom is 0.213 e. The molecular weight excluding hydrogens is 476 g/mol. The standard InChI is InChI=1S/C30H44N6O2/c1-27(2,3)19-13-17(14-20(23(19)37)28(4,5)6)33-35-25(31)26(32)36-34-18-15-21(29(7,8)9)24(38)22(16-18)30(10,11)12/h13-16,31-32,37-38H,1-12H3. The Hall–Kier alpha value is -3.42. The molecule has 2 rings (SSSR count). The van der Waals surface area contributed by atoms with Crippen molar-refractivity contribution in [1.82, 2.24) is 0 Å². The molecule has 8 nitrogen and oxygen atoms in total. The third kappa shape index (κ3) is 7.33. The zero-order chi connectivity index (χ0) is 29.4. The van der Waals surface area contributed by atoms with Crippen LogP contribution in [0, 0.1) is 10.8 Å². The molecule has 0 amide bonds. The lowest BCUT2D eigenvalue weighted by Crippen LogP contribution is -2.17. The second-order valence-electron chi connectivity index (χ2n) is 13.9. The number of phenolic OH excluding ortho intramolecular Hbond substituents is 2. The highest BCUT2D eigenvalue weighted by atomic mass is 16.3. The average molecular weight is 521 g/mol. The van der Waals surface area contributed by atoms with Crippen molar-refractivity contribution >= 4 is 23.0 Å². The number of benzene rings is 2. The first-order valence-electron chi connectivity index (χ1n) is 12.8. The van der Waals surface area contributed by atoms with Gasteiger partial charge in [0.2, 0.25) is 11.7 Å². The van der Waals surface area contributed by atoms with E-state index in [9.17, 15) is 10.2 Å². The van der Waals surface area contributed by atoms with E-state index in [0.29, 0.717) is 11.4 Å². The number of amidine groups is 2. The molecule has 8 heteroatoms. The van der Waals surface area contributed by atoms with Gasteiger partial charge in [0.05, 0.1) is 11.4 Å². The molecule has 0 radical (unpaired) electrons. The van der Waals surface area contributed by atoms with E-state index in [1.54, 1.807) is 24.3 Å². The molecule has 0 spiro atoms. The van der Waals surface area contributed by atoms with Crippen molar-refractivity contribution in [2.45, 2.75) is 105 Å². The molecule has 0 saturated carbocycles. The van der Waals surface area contributed by atoms with E-state index in [-0.39, 0.29) is 33.2 Å². The van der Waals surface area contributed by atoms with Crippen molar-refractivity contribution in [3.05, 3.63) is 46.5 Å². The summed E-state index contributed by atoms with van der Waals surface area (Å²) in [4.78, 5) is 0. The molecule has 206 valence electrons. The first-order chi connectivity index (χ1) is 17.0. The smallest absolute Gasteiger partial charge is 0.213 e. The summed E-state index contributed by atoms with van der Waals surface area (Å²) in [6, 6.07) is 7.02. The van der Waals surface area contributed by atoms with Gasteiger partial charge < -0.3 is 10.2 Å². The van der Waals surface area contributed by atoms with Crippen LogP contribution in [0.25, 0.3) is 0 Å². The molecule has 2 aromatic carbocycles. The van der Waals surface area contributed by atoms with Crippen molar-refractivity contribution in [3.63, 3.8) is 0 Å². The summed E-state index contributed by atoms with van der Waals surface area (Å²) in [5, 5.41) is 54.4. The molecule has 4 N–H and O–H groups in total. The van der Waals surface area contributed by atoms with Crippen molar-refractivity contribution < 1.29 is 10.2 Å². The van der Waals surface area contributed by atoms with E-state index in [2.05, 4.69) is 20.5 Å². The van der Waals surface area contributed by atoms with Gasteiger partial charge in [-0.15, -0.1) is 20.5 Å². The van der Waals surface area contributed by atoms with E-state index >= 15 is 0 Å². The Morgan fingerprint density at radius 2 is 0.711 bits per heavy atom. The third-order valence-corrected chi connectivity index (χ3v) is 6.18. The molecule has 0 unspecified atom stereocenters. The first-order valence-corrected chi connectivity index (χ1v) is 12.8. The van der Waals surface area contributed by atoms with Gasteiger partial charge in [-0.25, -0.2) is 0 Å². The number of nitrogens with one attached hydrogen (secondary N) is 2. The third-order valence-electron chi connectivity index (χ3n) is 6.18. The van der Waals surface area contributed by atoms with Gasteiger partial charge in [-0.3, -0.25) is 10.8 Å². The summed E-state index contributed by atoms with van der Waals surface area (Å²) >= 11 is 0. The van der Waals surface area contributed by atoms with Gasteiger partial charge in [0.1, 0.15) is 11.5 Å². The Bertz CT molecular complexity index is 1120. The Morgan fingerprint density at radius 1 is 0.500 bits per heavy atom. The zero-order valence-electron chi connectivity index (χ0n) is 25.0. The molecule has 0 aliphatic carbocycles. The van der Waals surface area contributed by atoms with Crippen LogP contribution in [0.2, 0.25) is 0 Å². The van der Waals surface area contributed by atoms with Gasteiger partial charge in [0, 0.05) is 22.3 Å². The van der Waals surface area contributed by atoms with Crippen LogP contribution < -0.4 is 0 Å². The number of hydrogen-bond donors (Lipinski definition) is 4. The van der Waals surface area contributed by atoms with E-state index < -0.39 is 11.7 Å². The van der Waals surface area contributed by atoms with Crippen LogP contribution in [-0.2, 0) is 21.7 Å². The van der Waals surface area contributed by atoms with E-state index in [1.165, 1.54) is 0 Å². The minimum Gasteiger partial charge on any atom is -0.507 e. The van der Waals surface area contributed by atoms with Crippen LogP contribution in [0.4, 0.5) is 11.4 Å². The first kappa shape index (κ1) is 30.8. The molecule has 0 saturated heterocycles. The highest BCUT2D eigenvalue weighted by molar-refractivity contribution is 6.38. The topological polar surface area (TPSA) is 138 Å². The van der Waals surface area contributed by atoms with Crippen LogP contribution in [0.5, 0.6) is 11.5 Å². The molecule has 0 fully saturated rings. The van der Waals surface area contributed by atoms with Crippen molar-refractivity contribution in [2.24, 2.45) is 20.5 Å². The molecule has 2 aromatic rings. The molecule has 0 aliphatic heterocycles. The van der Waals surface area contributed by atoms with Gasteiger partial charge in [-0.2, -0.15) is 0 Å². The predicted octanol–water partition coefficient (Wildman–Crippen LogP) is 9.11. The Balaban J connectivity index is 2.41. The fraction of sp³-hybridized carbons (Fsp3) is 0.533. The second kappa shape index (κ2) is 10.4. The van der Waals surface area contributed by atoms with Crippen molar-refractivity contribution in [3.8, 4) is 11.5 Å². The Labute approximate surface area is 227 Å². The minimum absolute atomic E-state index is 0.235. The molecule has 0 aliphatic rings. The van der Waals surface area contributed by atoms with Gasteiger partial charge >= 0.3 is 0 Å². The Kier molecular flexibility index (Phi) is 8.42. The maximum atomic E-state index is 10.9. The molecule has 0 bridgehead atoms. The normalized spacial score (nSPS) is 13.5. The predicted molar refractivity (Wildman–Crippen MR) is 155 cm³/mol. The minimum atomic E-state index is -0.442. The largest absolute Gasteiger partial charge is 0.507 e. The molecular formula is C30H44N6O2. The lowest BCUT2D eigenvalue weighted by atomic mass is 9.79. The lowest BCUT2D eigenvalue weighted by molar-refractivity contribution is 0.422. The molecule has 0 aromatic heterocycles. The second-order valence-corrected chi connectivity index (χ2v) is 13.9. The van der Waals surface area contributed by atoms with Crippen LogP contribution in [0.15, 0.2) is 44.7 Å². The van der Waals surface area contributed by atoms with Crippen LogP contribution in [0.3, 0.4) is 0 Å². The fourth-order valence-electron chi connectivity index (χ4n) is 3.95. The van der Waals surface area contributed by atoms with Gasteiger partial charge in [-0.1, -0.05) is 83.1 Å². The summed E-state index contributed by atoms with van der Waals surface area (Å²) in [6.07, 6.45) is 0. The van der Waals surface area contributed by atoms with Crippen molar-refractivity contribution in [1.29, 1.82) is 10.8 Å². The maximum absolute atomic E-state index is 10.9. The highest BCUT2D eigenvalue weighted by Gasteiger charge is 2.28. The monoisotopic (exact) mass is 520 g/mol. The number of azo groups is 2. The number of rotatable bonds is 2. The van der Waals surface area contributed by atoms with Crippen molar-refractivity contribution in [2.75, 3.05) is 0 Å². The van der Waals surface area contributed by atoms with E-state index in [1.807, 2.05) is 83.1 Å². The number of aromatic hydroxyl groups is 2. The summed E-state index contributed by atoms with van der Waals surface area (Å²) in [5.74, 6) is -0.415. The fourth-order valence-corrected chi connectivity index (χ4v) is 3.95. The summed E-state index contributed by atoms with van der Waals surface area (Å²) in [7, 11) is 0. The number of phenols is 2. The lowest BCUT2D eigenvalue weighted by Gasteiger charge is -2.27. The summed E-state index contributed by atoms with van der Waals surface area (Å²) in [5.41, 5.74) is 2.59. The SMILES string of the molecule is CC(C)(C)c1cc(N=NC(=N)C(=N)N=Nc2cc(C(C)(C)C)c(O)c(C(C)(C)C)c2)cc(C(C)(C)C)c1O. The van der Waals surface area contributed by atoms with Gasteiger partial charge in [0.15, 0.2) is 0 Å². The Morgan fingerprint density at radius 3 is 0.895 bits per heavy atom. The van der Waals surface area contributed by atoms with Gasteiger partial charge in [0.25, 0.3) is 0 Å². The van der Waals surface area contributed by atoms with Crippen LogP contribution in [-0.4, -0.2) is 21.9 Å². The summed E-state index contributed by atoms with van der Waals surface area (Å²) in [6.45, 7) is 24.1. The van der Waals surface area contributed by atoms with E-state index in [0.717, 1.165) is 22.3 Å². The van der Waals surface area contributed by atoms with E-state index in [4.69, 9.17) is 10.8 Å². The highest BCUT2D eigenvalue weighted by Crippen LogP contribution is 2.43. The molecule has 0 heterocycles. The molecule has 0 atom stereocenters. The van der Waals surface area contributed by atoms with Crippen LogP contribution >= 0.6 is 0 Å². The quantitative estimate of drug-likeness (QED) is 0.178.